The van der Waals surface area contributed by atoms with Crippen molar-refractivity contribution < 1.29 is 24.2 Å². The van der Waals surface area contributed by atoms with Crippen molar-refractivity contribution in [3.63, 3.8) is 0 Å². The molecule has 3 aromatic rings. The highest BCUT2D eigenvalue weighted by atomic mass is 16.6. The Morgan fingerprint density at radius 3 is 2.56 bits per heavy atom. The minimum Gasteiger partial charge on any atom is -0.427 e. The molecule has 2 fully saturated rings. The van der Waals surface area contributed by atoms with Gasteiger partial charge in [0.1, 0.15) is 12.3 Å². The highest BCUT2D eigenvalue weighted by Gasteiger charge is 2.59. The van der Waals surface area contributed by atoms with E-state index in [2.05, 4.69) is 5.10 Å². The molecule has 3 amide bonds. The van der Waals surface area contributed by atoms with Crippen molar-refractivity contribution in [2.24, 2.45) is 13.0 Å². The fourth-order valence-electron chi connectivity index (χ4n) is 6.61. The Balaban J connectivity index is 1.16. The summed E-state index contributed by atoms with van der Waals surface area (Å²) in [6.45, 7) is -0.218. The van der Waals surface area contributed by atoms with Gasteiger partial charge >= 0.3 is 6.09 Å². The van der Waals surface area contributed by atoms with Crippen LogP contribution in [-0.4, -0.2) is 54.9 Å². The van der Waals surface area contributed by atoms with Gasteiger partial charge in [0.05, 0.1) is 6.20 Å². The summed E-state index contributed by atoms with van der Waals surface area (Å²) in [5, 5.41) is 16.0. The average Bonchev–Trinajstić information content (AvgIpc) is 3.59. The molecule has 1 unspecified atom stereocenters. The summed E-state index contributed by atoms with van der Waals surface area (Å²) in [6, 6.07) is 13.6. The fourth-order valence-corrected chi connectivity index (χ4v) is 6.61. The van der Waals surface area contributed by atoms with Gasteiger partial charge in [0.25, 0.3) is 5.91 Å². The normalized spacial score (nSPS) is 26.0. The molecule has 7 rings (SSSR count). The first-order chi connectivity index (χ1) is 18.8. The maximum Gasteiger partial charge on any atom is 0.418 e. The molecule has 1 N–H and O–H groups in total. The van der Waals surface area contributed by atoms with Crippen LogP contribution in [0.25, 0.3) is 11.1 Å². The lowest BCUT2D eigenvalue weighted by molar-refractivity contribution is -0.170. The number of aryl methyl sites for hydroxylation is 3. The fraction of sp³-hybridized carbons (Fsp3) is 0.400. The second-order valence-electron chi connectivity index (χ2n) is 11.3. The smallest absolute Gasteiger partial charge is 0.418 e. The van der Waals surface area contributed by atoms with Crippen LogP contribution >= 0.6 is 0 Å². The summed E-state index contributed by atoms with van der Waals surface area (Å²) >= 11 is 0. The average molecular weight is 527 g/mol. The summed E-state index contributed by atoms with van der Waals surface area (Å²) < 4.78 is 7.51. The zero-order valence-electron chi connectivity index (χ0n) is 21.8. The van der Waals surface area contributed by atoms with E-state index in [9.17, 15) is 19.5 Å². The molecule has 2 aliphatic carbocycles. The van der Waals surface area contributed by atoms with Gasteiger partial charge in [-0.05, 0) is 54.4 Å². The molecule has 1 saturated carbocycles. The number of aromatic nitrogens is 2. The van der Waals surface area contributed by atoms with E-state index < -0.39 is 35.8 Å². The largest absolute Gasteiger partial charge is 0.427 e. The van der Waals surface area contributed by atoms with Gasteiger partial charge in [0.15, 0.2) is 0 Å². The van der Waals surface area contributed by atoms with E-state index in [1.54, 1.807) is 10.9 Å². The molecule has 200 valence electrons. The van der Waals surface area contributed by atoms with Crippen LogP contribution in [0, 0.1) is 5.92 Å². The summed E-state index contributed by atoms with van der Waals surface area (Å²) in [4.78, 5) is 43.0. The molecule has 0 bridgehead atoms. The Hall–Kier alpha value is -3.98. The molecular formula is C30H30N4O5. The molecule has 2 aliphatic heterocycles. The highest BCUT2D eigenvalue weighted by Crippen LogP contribution is 2.48. The summed E-state index contributed by atoms with van der Waals surface area (Å²) in [5.41, 5.74) is 2.91. The summed E-state index contributed by atoms with van der Waals surface area (Å²) in [5.74, 6) is -0.966. The Morgan fingerprint density at radius 1 is 1.05 bits per heavy atom. The molecule has 4 aliphatic rings. The Morgan fingerprint density at radius 2 is 1.82 bits per heavy atom. The van der Waals surface area contributed by atoms with Crippen molar-refractivity contribution in [3.05, 3.63) is 77.1 Å². The van der Waals surface area contributed by atoms with Gasteiger partial charge in [-0.25, -0.2) is 9.69 Å². The van der Waals surface area contributed by atoms with E-state index in [1.165, 1.54) is 4.90 Å². The first-order valence-corrected chi connectivity index (χ1v) is 13.6. The molecule has 2 aromatic carbocycles. The molecule has 2 atom stereocenters. The third-order valence-corrected chi connectivity index (χ3v) is 8.90. The molecule has 9 nitrogen and oxygen atoms in total. The molecule has 39 heavy (non-hydrogen) atoms. The van der Waals surface area contributed by atoms with Gasteiger partial charge in [-0.15, -0.1) is 0 Å². The van der Waals surface area contributed by atoms with Crippen LogP contribution in [0.3, 0.4) is 0 Å². The molecule has 3 heterocycles. The van der Waals surface area contributed by atoms with Crippen LogP contribution in [0.5, 0.6) is 0 Å². The minimum atomic E-state index is -1.42. The van der Waals surface area contributed by atoms with Crippen molar-refractivity contribution in [2.75, 3.05) is 6.54 Å². The quantitative estimate of drug-likeness (QED) is 0.560. The number of hydrogen-bond donors (Lipinski definition) is 1. The van der Waals surface area contributed by atoms with Crippen LogP contribution in [0.1, 0.15) is 47.9 Å². The maximum atomic E-state index is 13.8. The number of hydrogen-bond acceptors (Lipinski definition) is 6. The van der Waals surface area contributed by atoms with Gasteiger partial charge in [-0.3, -0.25) is 14.3 Å². The lowest BCUT2D eigenvalue weighted by atomic mass is 9.93. The molecule has 1 saturated heterocycles. The zero-order valence-corrected chi connectivity index (χ0v) is 21.8. The zero-order chi connectivity index (χ0) is 26.9. The number of rotatable bonds is 4. The number of imide groups is 1. The van der Waals surface area contributed by atoms with E-state index in [4.69, 9.17) is 4.74 Å². The van der Waals surface area contributed by atoms with Crippen molar-refractivity contribution in [1.29, 1.82) is 0 Å². The van der Waals surface area contributed by atoms with Crippen molar-refractivity contribution in [1.82, 2.24) is 19.6 Å². The number of ether oxygens (including phenoxy) is 1. The first kappa shape index (κ1) is 24.1. The Bertz CT molecular complexity index is 1530. The Labute approximate surface area is 226 Å². The van der Waals surface area contributed by atoms with Crippen LogP contribution in [-0.2, 0) is 46.4 Å². The number of amides is 3. The van der Waals surface area contributed by atoms with E-state index >= 15 is 0 Å². The van der Waals surface area contributed by atoms with E-state index in [0.29, 0.717) is 31.2 Å². The third kappa shape index (κ3) is 3.71. The van der Waals surface area contributed by atoms with Crippen molar-refractivity contribution in [2.45, 2.75) is 56.4 Å². The standard InChI is InChI=1S/C30H30N4O5/c1-32-16-23(15-31-32)20-6-9-25-21(14-20)10-12-29(25)27(36)33(28(37)39-29)18-26(35)34-17-22-5-3-2-4-19(22)11-13-30(34,38)24-7-8-24/h2-6,9,14-16,24,38H,7-8,10-13,17-18H2,1H3/t29?,30-/m0/s1. The second kappa shape index (κ2) is 8.51. The summed E-state index contributed by atoms with van der Waals surface area (Å²) in [7, 11) is 1.86. The molecular weight excluding hydrogens is 496 g/mol. The van der Waals surface area contributed by atoms with E-state index in [-0.39, 0.29) is 12.5 Å². The predicted molar refractivity (Wildman–Crippen MR) is 140 cm³/mol. The molecule has 1 spiro atoms. The highest BCUT2D eigenvalue weighted by molar-refractivity contribution is 6.06. The molecule has 1 aromatic heterocycles. The lowest BCUT2D eigenvalue weighted by Crippen LogP contribution is -2.55. The number of nitrogens with zero attached hydrogens (tertiary/aromatic N) is 4. The monoisotopic (exact) mass is 526 g/mol. The van der Waals surface area contributed by atoms with E-state index in [1.807, 2.05) is 55.7 Å². The predicted octanol–water partition coefficient (Wildman–Crippen LogP) is 3.28. The maximum absolute atomic E-state index is 13.8. The van der Waals surface area contributed by atoms with Gasteiger partial charge < -0.3 is 14.7 Å². The molecule has 9 heteroatoms. The second-order valence-corrected chi connectivity index (χ2v) is 11.3. The number of carbonyl (C=O) groups is 3. The van der Waals surface area contributed by atoms with Crippen LogP contribution in [0.2, 0.25) is 0 Å². The van der Waals surface area contributed by atoms with Crippen LogP contribution < -0.4 is 0 Å². The lowest BCUT2D eigenvalue weighted by Gasteiger charge is -2.39. The van der Waals surface area contributed by atoms with Gasteiger partial charge in [0.2, 0.25) is 11.5 Å². The molecule has 0 radical (unpaired) electrons. The SMILES string of the molecule is Cn1cc(-c2ccc3c(c2)CCC32OC(=O)N(CC(=O)N3Cc4ccccc4CC[C@]3(O)C3CC3)C2=O)cn1. The van der Waals surface area contributed by atoms with Gasteiger partial charge in [-0.1, -0.05) is 42.5 Å². The number of carbonyl (C=O) groups excluding carboxylic acids is 3. The van der Waals surface area contributed by atoms with Gasteiger partial charge in [-0.2, -0.15) is 5.10 Å². The van der Waals surface area contributed by atoms with Crippen LogP contribution in [0.4, 0.5) is 4.79 Å². The Kier molecular flexibility index (Phi) is 5.26. The number of benzene rings is 2. The van der Waals surface area contributed by atoms with Crippen molar-refractivity contribution >= 4 is 17.9 Å². The summed E-state index contributed by atoms with van der Waals surface area (Å²) in [6.07, 6.45) is 6.59. The topological polar surface area (TPSA) is 105 Å². The minimum absolute atomic E-state index is 0.000875. The number of fused-ring (bicyclic) bond motifs is 3. The van der Waals surface area contributed by atoms with E-state index in [0.717, 1.165) is 45.6 Å². The third-order valence-electron chi connectivity index (χ3n) is 8.90. The van der Waals surface area contributed by atoms with Crippen molar-refractivity contribution in [3.8, 4) is 11.1 Å². The first-order valence-electron chi connectivity index (χ1n) is 13.6. The number of aliphatic hydroxyl groups is 1. The van der Waals surface area contributed by atoms with Gasteiger partial charge in [0, 0.05) is 43.3 Å². The van der Waals surface area contributed by atoms with Crippen LogP contribution in [0.15, 0.2) is 54.9 Å².